The van der Waals surface area contributed by atoms with Gasteiger partial charge in [-0.1, -0.05) is 19.1 Å². The van der Waals surface area contributed by atoms with Crippen molar-refractivity contribution in [2.75, 3.05) is 39.3 Å². The molecular weight excluding hydrogens is 408 g/mol. The highest BCUT2D eigenvalue weighted by molar-refractivity contribution is 6.45. The van der Waals surface area contributed by atoms with Crippen molar-refractivity contribution in [2.45, 2.75) is 19.8 Å². The zero-order valence-corrected chi connectivity index (χ0v) is 18.9. The number of imide groups is 1. The van der Waals surface area contributed by atoms with E-state index in [9.17, 15) is 9.59 Å². The SMILES string of the molecule is COc1ccc(C2=C(N3CCC(C)CC3)C(=O)N(c3cc(OC)ccc3OC)C2=O)cc1. The highest BCUT2D eigenvalue weighted by Crippen LogP contribution is 2.41. The Balaban J connectivity index is 1.83. The molecule has 0 atom stereocenters. The zero-order valence-electron chi connectivity index (χ0n) is 18.9. The van der Waals surface area contributed by atoms with Gasteiger partial charge in [-0.05, 0) is 48.6 Å². The number of likely N-dealkylation sites (tertiary alicyclic amines) is 1. The molecule has 2 aliphatic rings. The molecule has 0 N–H and O–H groups in total. The van der Waals surface area contributed by atoms with Gasteiger partial charge in [0.25, 0.3) is 11.8 Å². The quantitative estimate of drug-likeness (QED) is 0.643. The van der Waals surface area contributed by atoms with E-state index in [1.54, 1.807) is 44.6 Å². The highest BCUT2D eigenvalue weighted by Gasteiger charge is 2.44. The fourth-order valence-corrected chi connectivity index (χ4v) is 4.25. The van der Waals surface area contributed by atoms with Crippen molar-refractivity contribution >= 4 is 23.1 Å². The summed E-state index contributed by atoms with van der Waals surface area (Å²) in [6, 6.07) is 12.3. The molecule has 7 heteroatoms. The summed E-state index contributed by atoms with van der Waals surface area (Å²) in [6.07, 6.45) is 1.95. The largest absolute Gasteiger partial charge is 0.497 e. The lowest BCUT2D eigenvalue weighted by Crippen LogP contribution is -2.38. The first kappa shape index (κ1) is 21.7. The van der Waals surface area contributed by atoms with Gasteiger partial charge in [0.2, 0.25) is 0 Å². The minimum Gasteiger partial charge on any atom is -0.497 e. The van der Waals surface area contributed by atoms with E-state index in [0.717, 1.165) is 25.9 Å². The van der Waals surface area contributed by atoms with Crippen LogP contribution in [0.1, 0.15) is 25.3 Å². The number of nitrogens with zero attached hydrogens (tertiary/aromatic N) is 2. The number of carbonyl (C=O) groups is 2. The number of amides is 2. The van der Waals surface area contributed by atoms with Gasteiger partial charge >= 0.3 is 0 Å². The van der Waals surface area contributed by atoms with Crippen LogP contribution < -0.4 is 19.1 Å². The lowest BCUT2D eigenvalue weighted by atomic mass is 9.97. The number of hydrogen-bond donors (Lipinski definition) is 0. The van der Waals surface area contributed by atoms with Crippen LogP contribution in [0.15, 0.2) is 48.2 Å². The van der Waals surface area contributed by atoms with Crippen LogP contribution in [0, 0.1) is 5.92 Å². The molecule has 168 valence electrons. The van der Waals surface area contributed by atoms with E-state index < -0.39 is 0 Å². The molecule has 0 spiro atoms. The van der Waals surface area contributed by atoms with E-state index in [4.69, 9.17) is 14.2 Å². The molecule has 1 saturated heterocycles. The molecule has 0 aromatic heterocycles. The Morgan fingerprint density at radius 1 is 0.812 bits per heavy atom. The molecule has 2 aromatic carbocycles. The van der Waals surface area contributed by atoms with Crippen LogP contribution in [-0.2, 0) is 9.59 Å². The summed E-state index contributed by atoms with van der Waals surface area (Å²) in [7, 11) is 4.65. The maximum absolute atomic E-state index is 13.8. The summed E-state index contributed by atoms with van der Waals surface area (Å²) in [5.41, 5.74) is 1.89. The van der Waals surface area contributed by atoms with Gasteiger partial charge in [-0.2, -0.15) is 0 Å². The highest BCUT2D eigenvalue weighted by atomic mass is 16.5. The first-order valence-corrected chi connectivity index (χ1v) is 10.7. The van der Waals surface area contributed by atoms with Crippen LogP contribution >= 0.6 is 0 Å². The summed E-state index contributed by atoms with van der Waals surface area (Å²) in [5, 5.41) is 0. The lowest BCUT2D eigenvalue weighted by molar-refractivity contribution is -0.120. The van der Waals surface area contributed by atoms with Gasteiger partial charge in [0, 0.05) is 19.2 Å². The molecular formula is C25H28N2O5. The summed E-state index contributed by atoms with van der Waals surface area (Å²) in [5.74, 6) is 1.52. The molecule has 0 bridgehead atoms. The number of benzene rings is 2. The van der Waals surface area contributed by atoms with E-state index in [1.807, 2.05) is 17.0 Å². The summed E-state index contributed by atoms with van der Waals surface area (Å²) < 4.78 is 16.1. The molecule has 0 saturated carbocycles. The second kappa shape index (κ2) is 8.94. The number of methoxy groups -OCH3 is 3. The van der Waals surface area contributed by atoms with Gasteiger partial charge in [-0.15, -0.1) is 0 Å². The van der Waals surface area contributed by atoms with Gasteiger partial charge in [-0.25, -0.2) is 4.90 Å². The molecule has 0 unspecified atom stereocenters. The molecule has 2 heterocycles. The van der Waals surface area contributed by atoms with Crippen molar-refractivity contribution in [2.24, 2.45) is 5.92 Å². The molecule has 1 fully saturated rings. The van der Waals surface area contributed by atoms with Crippen LogP contribution in [0.2, 0.25) is 0 Å². The summed E-state index contributed by atoms with van der Waals surface area (Å²) >= 11 is 0. The first-order chi connectivity index (χ1) is 15.5. The van der Waals surface area contributed by atoms with Gasteiger partial charge in [0.15, 0.2) is 0 Å². The number of carbonyl (C=O) groups excluding carboxylic acids is 2. The topological polar surface area (TPSA) is 68.3 Å². The monoisotopic (exact) mass is 436 g/mol. The Bertz CT molecular complexity index is 1050. The Kier molecular flexibility index (Phi) is 6.08. The minimum atomic E-state index is -0.375. The number of piperidine rings is 1. The first-order valence-electron chi connectivity index (χ1n) is 10.7. The third kappa shape index (κ3) is 3.79. The van der Waals surface area contributed by atoms with Gasteiger partial charge in [0.1, 0.15) is 22.9 Å². The predicted octanol–water partition coefficient (Wildman–Crippen LogP) is 3.73. The van der Waals surface area contributed by atoms with Crippen molar-refractivity contribution in [1.29, 1.82) is 0 Å². The molecule has 2 aromatic rings. The second-order valence-corrected chi connectivity index (χ2v) is 8.11. The smallest absolute Gasteiger partial charge is 0.282 e. The standard InChI is InChI=1S/C25H28N2O5/c1-16-11-13-26(14-12-16)23-22(17-5-7-18(30-2)8-6-17)24(28)27(25(23)29)20-15-19(31-3)9-10-21(20)32-4/h5-10,15-16H,11-14H2,1-4H3. The predicted molar refractivity (Wildman–Crippen MR) is 122 cm³/mol. The van der Waals surface area contributed by atoms with Crippen LogP contribution in [0.3, 0.4) is 0 Å². The Hall–Kier alpha value is -3.48. The molecule has 7 nitrogen and oxygen atoms in total. The maximum Gasteiger partial charge on any atom is 0.282 e. The maximum atomic E-state index is 13.8. The Morgan fingerprint density at radius 2 is 1.44 bits per heavy atom. The zero-order chi connectivity index (χ0) is 22.8. The average Bonchev–Trinajstić information content (AvgIpc) is 3.09. The van der Waals surface area contributed by atoms with E-state index in [1.165, 1.54) is 12.0 Å². The third-order valence-electron chi connectivity index (χ3n) is 6.16. The molecule has 32 heavy (non-hydrogen) atoms. The van der Waals surface area contributed by atoms with E-state index in [-0.39, 0.29) is 11.8 Å². The number of rotatable bonds is 6. The fraction of sp³-hybridized carbons (Fsp3) is 0.360. The van der Waals surface area contributed by atoms with Crippen molar-refractivity contribution in [1.82, 2.24) is 4.90 Å². The van der Waals surface area contributed by atoms with Crippen LogP contribution in [0.25, 0.3) is 5.57 Å². The van der Waals surface area contributed by atoms with Crippen molar-refractivity contribution < 1.29 is 23.8 Å². The third-order valence-corrected chi connectivity index (χ3v) is 6.16. The van der Waals surface area contributed by atoms with Crippen LogP contribution in [0.4, 0.5) is 5.69 Å². The number of anilines is 1. The number of hydrogen-bond acceptors (Lipinski definition) is 6. The fourth-order valence-electron chi connectivity index (χ4n) is 4.25. The normalized spacial score (nSPS) is 17.2. The van der Waals surface area contributed by atoms with Crippen molar-refractivity contribution in [3.63, 3.8) is 0 Å². The Morgan fingerprint density at radius 3 is 2.03 bits per heavy atom. The second-order valence-electron chi connectivity index (χ2n) is 8.11. The molecule has 4 rings (SSSR count). The minimum absolute atomic E-state index is 0.345. The summed E-state index contributed by atoms with van der Waals surface area (Å²) in [4.78, 5) is 30.8. The van der Waals surface area contributed by atoms with E-state index in [2.05, 4.69) is 6.92 Å². The lowest BCUT2D eigenvalue weighted by Gasteiger charge is -2.32. The molecule has 2 amide bonds. The summed E-state index contributed by atoms with van der Waals surface area (Å²) in [6.45, 7) is 3.68. The van der Waals surface area contributed by atoms with Gasteiger partial charge in [0.05, 0.1) is 32.6 Å². The van der Waals surface area contributed by atoms with Crippen LogP contribution in [-0.4, -0.2) is 51.1 Å². The molecule has 0 radical (unpaired) electrons. The van der Waals surface area contributed by atoms with Gasteiger partial charge < -0.3 is 19.1 Å². The molecule has 0 aliphatic carbocycles. The molecule has 2 aliphatic heterocycles. The van der Waals surface area contributed by atoms with Crippen molar-refractivity contribution in [3.8, 4) is 17.2 Å². The number of ether oxygens (including phenoxy) is 3. The van der Waals surface area contributed by atoms with Gasteiger partial charge in [-0.3, -0.25) is 9.59 Å². The average molecular weight is 437 g/mol. The van der Waals surface area contributed by atoms with E-state index >= 15 is 0 Å². The van der Waals surface area contributed by atoms with Crippen LogP contribution in [0.5, 0.6) is 17.2 Å². The Labute approximate surface area is 188 Å². The van der Waals surface area contributed by atoms with E-state index in [0.29, 0.717) is 45.7 Å². The van der Waals surface area contributed by atoms with Crippen molar-refractivity contribution in [3.05, 3.63) is 53.7 Å².